The Morgan fingerprint density at radius 2 is 1.85 bits per heavy atom. The molecule has 4 rings (SSSR count). The predicted octanol–water partition coefficient (Wildman–Crippen LogP) is 2.29. The molecule has 0 radical (unpaired) electrons. The summed E-state index contributed by atoms with van der Waals surface area (Å²) < 4.78 is 11.8. The van der Waals surface area contributed by atoms with Crippen LogP contribution in [0.3, 0.4) is 0 Å². The van der Waals surface area contributed by atoms with E-state index in [4.69, 9.17) is 9.15 Å². The van der Waals surface area contributed by atoms with Gasteiger partial charge in [-0.05, 0) is 18.2 Å². The van der Waals surface area contributed by atoms with Crippen LogP contribution in [0, 0.1) is 0 Å². The first kappa shape index (κ1) is 15.9. The van der Waals surface area contributed by atoms with Crippen LogP contribution in [0.5, 0.6) is 0 Å². The quantitative estimate of drug-likeness (QED) is 0.570. The monoisotopic (exact) mass is 350 g/mol. The van der Waals surface area contributed by atoms with Crippen molar-refractivity contribution in [2.24, 2.45) is 0 Å². The number of H-pyrrole nitrogens is 1. The summed E-state index contributed by atoms with van der Waals surface area (Å²) in [6.45, 7) is 0.131. The van der Waals surface area contributed by atoms with Crippen molar-refractivity contribution in [2.45, 2.75) is 6.54 Å². The molecule has 0 unspecified atom stereocenters. The first-order valence-corrected chi connectivity index (χ1v) is 8.01. The summed E-state index contributed by atoms with van der Waals surface area (Å²) in [6.07, 6.45) is 0. The van der Waals surface area contributed by atoms with Crippen molar-refractivity contribution in [3.05, 3.63) is 81.1 Å². The fourth-order valence-corrected chi connectivity index (χ4v) is 2.91. The number of benzene rings is 2. The summed E-state index contributed by atoms with van der Waals surface area (Å²) in [6, 6.07) is 15.2. The van der Waals surface area contributed by atoms with Gasteiger partial charge in [-0.25, -0.2) is 9.59 Å². The van der Waals surface area contributed by atoms with Gasteiger partial charge in [-0.15, -0.1) is 0 Å². The molecule has 7 heteroatoms. The molecule has 0 aliphatic carbocycles. The smallest absolute Gasteiger partial charge is 0.420 e. The Balaban J connectivity index is 1.55. The molecule has 0 aliphatic rings. The molecule has 0 aliphatic heterocycles. The fraction of sp³-hybridized carbons (Fsp3) is 0.105. The van der Waals surface area contributed by atoms with Crippen molar-refractivity contribution in [3.8, 4) is 0 Å². The molecule has 0 spiro atoms. The van der Waals surface area contributed by atoms with Crippen LogP contribution in [0.25, 0.3) is 22.0 Å². The highest BCUT2D eigenvalue weighted by molar-refractivity contribution is 6.03. The Hall–Kier alpha value is -3.61. The number of para-hydroxylation sites is 3. The van der Waals surface area contributed by atoms with E-state index >= 15 is 0 Å². The van der Waals surface area contributed by atoms with Crippen LogP contribution in [0.1, 0.15) is 10.4 Å². The summed E-state index contributed by atoms with van der Waals surface area (Å²) in [7, 11) is 0. The van der Waals surface area contributed by atoms with E-state index in [9.17, 15) is 14.4 Å². The number of aromatic amines is 1. The number of ether oxygens (including phenoxy) is 1. The van der Waals surface area contributed by atoms with E-state index in [-0.39, 0.29) is 24.3 Å². The second kappa shape index (κ2) is 6.36. The lowest BCUT2D eigenvalue weighted by molar-refractivity contribution is 0.0492. The Morgan fingerprint density at radius 3 is 2.73 bits per heavy atom. The summed E-state index contributed by atoms with van der Waals surface area (Å²) in [4.78, 5) is 38.7. The number of nitrogens with one attached hydrogen (secondary N) is 1. The molecule has 2 aromatic carbocycles. The third-order valence-electron chi connectivity index (χ3n) is 4.09. The SMILES string of the molecule is O=C(OCCn1c(=O)oc2ccccc21)c1cc(=O)[nH]c2ccccc12. The Kier molecular flexibility index (Phi) is 3.89. The molecule has 0 amide bonds. The summed E-state index contributed by atoms with van der Waals surface area (Å²) in [5, 5.41) is 0.600. The largest absolute Gasteiger partial charge is 0.460 e. The van der Waals surface area contributed by atoms with E-state index in [2.05, 4.69) is 4.98 Å². The van der Waals surface area contributed by atoms with Gasteiger partial charge in [0.1, 0.15) is 6.61 Å². The lowest BCUT2D eigenvalue weighted by Gasteiger charge is -2.07. The number of oxazole rings is 1. The number of carbonyl (C=O) groups is 1. The molecule has 0 fully saturated rings. The second-order valence-corrected chi connectivity index (χ2v) is 5.72. The third-order valence-corrected chi connectivity index (χ3v) is 4.09. The van der Waals surface area contributed by atoms with Crippen molar-refractivity contribution in [2.75, 3.05) is 6.61 Å². The molecule has 4 aromatic rings. The van der Waals surface area contributed by atoms with E-state index < -0.39 is 11.7 Å². The minimum absolute atomic E-state index is 0.0244. The van der Waals surface area contributed by atoms with Gasteiger partial charge in [-0.3, -0.25) is 9.36 Å². The summed E-state index contributed by atoms with van der Waals surface area (Å²) in [5.41, 5.74) is 1.48. The van der Waals surface area contributed by atoms with Gasteiger partial charge in [0.15, 0.2) is 5.58 Å². The maximum absolute atomic E-state index is 12.4. The molecule has 0 saturated carbocycles. The Morgan fingerprint density at radius 1 is 1.08 bits per heavy atom. The first-order valence-electron chi connectivity index (χ1n) is 8.01. The number of esters is 1. The Bertz CT molecular complexity index is 1230. The Labute approximate surface area is 146 Å². The van der Waals surface area contributed by atoms with Gasteiger partial charge in [0, 0.05) is 17.0 Å². The molecule has 2 heterocycles. The number of hydrogen-bond acceptors (Lipinski definition) is 5. The molecule has 1 N–H and O–H groups in total. The van der Waals surface area contributed by atoms with Crippen LogP contribution in [0.4, 0.5) is 0 Å². The normalized spacial score (nSPS) is 11.1. The number of aromatic nitrogens is 2. The highest BCUT2D eigenvalue weighted by Gasteiger charge is 2.14. The minimum atomic E-state index is -0.617. The average molecular weight is 350 g/mol. The number of pyridine rings is 1. The predicted molar refractivity (Wildman–Crippen MR) is 95.3 cm³/mol. The molecule has 0 bridgehead atoms. The standard InChI is InChI=1S/C19H14N2O5/c22-17-11-13(12-5-1-2-6-14(12)20-17)18(23)25-10-9-21-15-7-3-4-8-16(15)26-19(21)24/h1-8,11H,9-10H2,(H,20,22). The van der Waals surface area contributed by atoms with Gasteiger partial charge in [-0.1, -0.05) is 30.3 Å². The molecule has 7 nitrogen and oxygen atoms in total. The number of fused-ring (bicyclic) bond motifs is 2. The van der Waals surface area contributed by atoms with Crippen LogP contribution in [0.15, 0.2) is 68.6 Å². The maximum Gasteiger partial charge on any atom is 0.420 e. The van der Waals surface area contributed by atoms with Gasteiger partial charge >= 0.3 is 11.7 Å². The lowest BCUT2D eigenvalue weighted by Crippen LogP contribution is -2.20. The van der Waals surface area contributed by atoms with Crippen LogP contribution in [-0.4, -0.2) is 22.1 Å². The number of hydrogen-bond donors (Lipinski definition) is 1. The van der Waals surface area contributed by atoms with Gasteiger partial charge in [0.25, 0.3) is 0 Å². The van der Waals surface area contributed by atoms with Gasteiger partial charge in [0.2, 0.25) is 5.56 Å². The number of rotatable bonds is 4. The second-order valence-electron chi connectivity index (χ2n) is 5.72. The van der Waals surface area contributed by atoms with E-state index in [1.807, 2.05) is 0 Å². The molecule has 26 heavy (non-hydrogen) atoms. The van der Waals surface area contributed by atoms with Gasteiger partial charge in [0.05, 0.1) is 17.6 Å². The van der Waals surface area contributed by atoms with Gasteiger partial charge in [-0.2, -0.15) is 0 Å². The fourth-order valence-electron chi connectivity index (χ4n) is 2.91. The highest BCUT2D eigenvalue weighted by Crippen LogP contribution is 2.16. The first-order chi connectivity index (χ1) is 12.6. The number of carbonyl (C=O) groups excluding carboxylic acids is 1. The third kappa shape index (κ3) is 2.79. The topological polar surface area (TPSA) is 94.3 Å². The van der Waals surface area contributed by atoms with Crippen molar-refractivity contribution in [3.63, 3.8) is 0 Å². The van der Waals surface area contributed by atoms with E-state index in [1.54, 1.807) is 48.5 Å². The minimum Gasteiger partial charge on any atom is -0.460 e. The molecular weight excluding hydrogens is 336 g/mol. The summed E-state index contributed by atoms with van der Waals surface area (Å²) >= 11 is 0. The van der Waals surface area contributed by atoms with Crippen molar-refractivity contribution in [1.29, 1.82) is 0 Å². The zero-order valence-corrected chi connectivity index (χ0v) is 13.6. The maximum atomic E-state index is 12.4. The highest BCUT2D eigenvalue weighted by atomic mass is 16.5. The average Bonchev–Trinajstić information content (AvgIpc) is 2.96. The van der Waals surface area contributed by atoms with Crippen molar-refractivity contribution >= 4 is 28.0 Å². The van der Waals surface area contributed by atoms with Crippen LogP contribution in [0.2, 0.25) is 0 Å². The summed E-state index contributed by atoms with van der Waals surface area (Å²) in [5.74, 6) is -1.13. The van der Waals surface area contributed by atoms with E-state index in [0.29, 0.717) is 22.0 Å². The van der Waals surface area contributed by atoms with E-state index in [1.165, 1.54) is 10.6 Å². The molecule has 0 saturated heterocycles. The molecule has 130 valence electrons. The van der Waals surface area contributed by atoms with Crippen LogP contribution in [-0.2, 0) is 11.3 Å². The van der Waals surface area contributed by atoms with Gasteiger partial charge < -0.3 is 14.1 Å². The molecule has 2 aromatic heterocycles. The van der Waals surface area contributed by atoms with Crippen molar-refractivity contribution in [1.82, 2.24) is 9.55 Å². The molecular formula is C19H14N2O5. The van der Waals surface area contributed by atoms with Crippen LogP contribution >= 0.6 is 0 Å². The number of nitrogens with zero attached hydrogens (tertiary/aromatic N) is 1. The van der Waals surface area contributed by atoms with Crippen molar-refractivity contribution < 1.29 is 13.9 Å². The molecule has 0 atom stereocenters. The zero-order chi connectivity index (χ0) is 18.1. The lowest BCUT2D eigenvalue weighted by atomic mass is 10.1. The van der Waals surface area contributed by atoms with E-state index in [0.717, 1.165) is 0 Å². The zero-order valence-electron chi connectivity index (χ0n) is 13.6. The van der Waals surface area contributed by atoms with Crippen LogP contribution < -0.4 is 11.3 Å².